The number of nitriles is 1. The zero-order valence-corrected chi connectivity index (χ0v) is 16.8. The van der Waals surface area contributed by atoms with Gasteiger partial charge in [-0.25, -0.2) is 14.4 Å². The Morgan fingerprint density at radius 3 is 2.77 bits per heavy atom. The lowest BCUT2D eigenvalue weighted by Gasteiger charge is -2.11. The van der Waals surface area contributed by atoms with E-state index in [-0.39, 0.29) is 18.9 Å². The monoisotopic (exact) mass is 419 g/mol. The fourth-order valence-electron chi connectivity index (χ4n) is 2.96. The van der Waals surface area contributed by atoms with Crippen molar-refractivity contribution in [2.75, 3.05) is 25.1 Å². The molecule has 0 radical (unpaired) electrons. The molecular formula is C23H22FN5O2. The number of hydrogen-bond donors (Lipinski definition) is 2. The second-order valence-corrected chi connectivity index (χ2v) is 7.25. The molecule has 4 rings (SSSR count). The van der Waals surface area contributed by atoms with Gasteiger partial charge in [0, 0.05) is 30.1 Å². The summed E-state index contributed by atoms with van der Waals surface area (Å²) >= 11 is 0. The minimum atomic E-state index is -0.471. The van der Waals surface area contributed by atoms with Crippen molar-refractivity contribution in [2.45, 2.75) is 12.8 Å². The molecule has 1 fully saturated rings. The topological polar surface area (TPSA) is 106 Å². The first kappa shape index (κ1) is 20.6. The lowest BCUT2D eigenvalue weighted by Crippen LogP contribution is -2.11. The minimum absolute atomic E-state index is 0.104. The van der Waals surface area contributed by atoms with Crippen LogP contribution < -0.4 is 20.5 Å². The summed E-state index contributed by atoms with van der Waals surface area (Å²) in [5.41, 5.74) is 7.87. The third-order valence-electron chi connectivity index (χ3n) is 4.79. The second kappa shape index (κ2) is 9.41. The number of nitrogens with two attached hydrogens (primary N) is 1. The van der Waals surface area contributed by atoms with Gasteiger partial charge in [0.2, 0.25) is 5.95 Å². The molecule has 1 aromatic heterocycles. The number of nitrogens with zero attached hydrogens (tertiary/aromatic N) is 3. The number of ether oxygens (including phenoxy) is 2. The van der Waals surface area contributed by atoms with Gasteiger partial charge in [-0.2, -0.15) is 5.26 Å². The first-order chi connectivity index (χ1) is 15.2. The largest absolute Gasteiger partial charge is 0.492 e. The molecule has 2 aromatic carbocycles. The van der Waals surface area contributed by atoms with Gasteiger partial charge < -0.3 is 20.5 Å². The molecule has 0 saturated heterocycles. The predicted octanol–water partition coefficient (Wildman–Crippen LogP) is 4.02. The Labute approximate surface area is 179 Å². The van der Waals surface area contributed by atoms with E-state index in [2.05, 4.69) is 21.4 Å². The maximum absolute atomic E-state index is 13.9. The first-order valence-corrected chi connectivity index (χ1v) is 10.1. The van der Waals surface area contributed by atoms with E-state index in [0.29, 0.717) is 41.2 Å². The van der Waals surface area contributed by atoms with Crippen molar-refractivity contribution < 1.29 is 13.9 Å². The van der Waals surface area contributed by atoms with Crippen LogP contribution in [0.1, 0.15) is 18.4 Å². The van der Waals surface area contributed by atoms with E-state index in [9.17, 15) is 9.65 Å². The highest BCUT2D eigenvalue weighted by Gasteiger charge is 2.22. The Hall–Kier alpha value is -3.70. The molecule has 0 amide bonds. The van der Waals surface area contributed by atoms with E-state index < -0.39 is 5.82 Å². The summed E-state index contributed by atoms with van der Waals surface area (Å²) < 4.78 is 24.9. The third-order valence-corrected chi connectivity index (χ3v) is 4.79. The SMILES string of the molecule is N#Cc1cc(-c2ccnc(Nc3ccc(F)c(OCCN)c3)n2)ccc1OCC1CC1. The van der Waals surface area contributed by atoms with Crippen molar-refractivity contribution in [3.8, 4) is 28.8 Å². The molecule has 1 heterocycles. The maximum atomic E-state index is 13.9. The van der Waals surface area contributed by atoms with Crippen molar-refractivity contribution in [3.05, 3.63) is 60.0 Å². The Kier molecular flexibility index (Phi) is 6.24. The molecule has 31 heavy (non-hydrogen) atoms. The number of rotatable bonds is 9. The Balaban J connectivity index is 1.52. The molecule has 0 spiro atoms. The summed E-state index contributed by atoms with van der Waals surface area (Å²) in [5, 5.41) is 12.6. The molecule has 0 aliphatic heterocycles. The molecule has 8 heteroatoms. The summed E-state index contributed by atoms with van der Waals surface area (Å²) in [5.74, 6) is 1.16. The van der Waals surface area contributed by atoms with Gasteiger partial charge in [-0.05, 0) is 55.2 Å². The van der Waals surface area contributed by atoms with Crippen LogP contribution in [0.2, 0.25) is 0 Å². The molecule has 158 valence electrons. The van der Waals surface area contributed by atoms with Crippen molar-refractivity contribution in [3.63, 3.8) is 0 Å². The van der Waals surface area contributed by atoms with Gasteiger partial charge in [-0.1, -0.05) is 0 Å². The van der Waals surface area contributed by atoms with Gasteiger partial charge >= 0.3 is 0 Å². The van der Waals surface area contributed by atoms with Crippen molar-refractivity contribution in [1.29, 1.82) is 5.26 Å². The fraction of sp³-hybridized carbons (Fsp3) is 0.261. The first-order valence-electron chi connectivity index (χ1n) is 10.1. The average molecular weight is 419 g/mol. The third kappa shape index (κ3) is 5.27. The van der Waals surface area contributed by atoms with Crippen LogP contribution in [-0.2, 0) is 0 Å². The standard InChI is InChI=1S/C23H22FN5O2/c24-19-5-4-18(12-22(19)30-10-8-25)28-23-27-9-7-20(29-23)16-3-6-21(17(11-16)13-26)31-14-15-1-2-15/h3-7,9,11-12,15H,1-2,8,10,14,25H2,(H,27,28,29). The minimum Gasteiger partial charge on any atom is -0.492 e. The number of aromatic nitrogens is 2. The van der Waals surface area contributed by atoms with E-state index in [4.69, 9.17) is 15.2 Å². The van der Waals surface area contributed by atoms with Crippen molar-refractivity contribution in [1.82, 2.24) is 9.97 Å². The highest BCUT2D eigenvalue weighted by atomic mass is 19.1. The van der Waals surface area contributed by atoms with Crippen LogP contribution in [0.4, 0.5) is 16.0 Å². The number of nitrogens with one attached hydrogen (secondary N) is 1. The van der Waals surface area contributed by atoms with Gasteiger partial charge in [0.1, 0.15) is 18.4 Å². The van der Waals surface area contributed by atoms with E-state index in [1.807, 2.05) is 6.07 Å². The molecule has 0 atom stereocenters. The molecule has 0 unspecified atom stereocenters. The van der Waals surface area contributed by atoms with Crippen LogP contribution >= 0.6 is 0 Å². The molecular weight excluding hydrogens is 397 g/mol. The van der Waals surface area contributed by atoms with E-state index in [1.54, 1.807) is 30.5 Å². The average Bonchev–Trinajstić information content (AvgIpc) is 3.62. The summed E-state index contributed by atoms with van der Waals surface area (Å²) in [4.78, 5) is 8.74. The summed E-state index contributed by atoms with van der Waals surface area (Å²) in [6.45, 7) is 1.15. The fourth-order valence-corrected chi connectivity index (χ4v) is 2.96. The maximum Gasteiger partial charge on any atom is 0.227 e. The number of anilines is 2. The van der Waals surface area contributed by atoms with Gasteiger partial charge in [-0.3, -0.25) is 0 Å². The zero-order chi connectivity index (χ0) is 21.6. The highest BCUT2D eigenvalue weighted by molar-refractivity contribution is 5.66. The zero-order valence-electron chi connectivity index (χ0n) is 16.8. The van der Waals surface area contributed by atoms with Gasteiger partial charge in [0.15, 0.2) is 11.6 Å². The molecule has 3 aromatic rings. The molecule has 1 aliphatic carbocycles. The predicted molar refractivity (Wildman–Crippen MR) is 115 cm³/mol. The lowest BCUT2D eigenvalue weighted by atomic mass is 10.1. The van der Waals surface area contributed by atoms with Gasteiger partial charge in [0.05, 0.1) is 17.9 Å². The van der Waals surface area contributed by atoms with Crippen LogP contribution in [0, 0.1) is 23.1 Å². The van der Waals surface area contributed by atoms with E-state index in [0.717, 1.165) is 5.56 Å². The van der Waals surface area contributed by atoms with Crippen molar-refractivity contribution >= 4 is 11.6 Å². The van der Waals surface area contributed by atoms with Crippen LogP contribution in [0.15, 0.2) is 48.7 Å². The highest BCUT2D eigenvalue weighted by Crippen LogP contribution is 2.32. The lowest BCUT2D eigenvalue weighted by molar-refractivity contribution is 0.299. The smallest absolute Gasteiger partial charge is 0.227 e. The van der Waals surface area contributed by atoms with Crippen molar-refractivity contribution in [2.24, 2.45) is 11.7 Å². The Bertz CT molecular complexity index is 1110. The van der Waals surface area contributed by atoms with Crippen LogP contribution in [0.5, 0.6) is 11.5 Å². The van der Waals surface area contributed by atoms with Crippen LogP contribution in [0.25, 0.3) is 11.3 Å². The quantitative estimate of drug-likeness (QED) is 0.539. The summed E-state index contributed by atoms with van der Waals surface area (Å²) in [7, 11) is 0. The Morgan fingerprint density at radius 1 is 1.13 bits per heavy atom. The van der Waals surface area contributed by atoms with Crippen LogP contribution in [-0.4, -0.2) is 29.7 Å². The number of halogens is 1. The molecule has 7 nitrogen and oxygen atoms in total. The molecule has 3 N–H and O–H groups in total. The Morgan fingerprint density at radius 2 is 2.00 bits per heavy atom. The van der Waals surface area contributed by atoms with Gasteiger partial charge in [0.25, 0.3) is 0 Å². The summed E-state index contributed by atoms with van der Waals surface area (Å²) in [6, 6.07) is 13.8. The second-order valence-electron chi connectivity index (χ2n) is 7.25. The van der Waals surface area contributed by atoms with Gasteiger partial charge in [-0.15, -0.1) is 0 Å². The number of hydrogen-bond acceptors (Lipinski definition) is 7. The molecule has 0 bridgehead atoms. The van der Waals surface area contributed by atoms with Crippen LogP contribution in [0.3, 0.4) is 0 Å². The molecule has 1 saturated carbocycles. The number of benzene rings is 2. The van der Waals surface area contributed by atoms with E-state index in [1.165, 1.54) is 25.0 Å². The normalized spacial score (nSPS) is 12.8. The van der Waals surface area contributed by atoms with E-state index >= 15 is 0 Å². The summed E-state index contributed by atoms with van der Waals surface area (Å²) in [6.07, 6.45) is 3.99. The molecule has 1 aliphatic rings.